The Morgan fingerprint density at radius 2 is 1.02 bits per heavy atom. The second kappa shape index (κ2) is 14.4. The summed E-state index contributed by atoms with van der Waals surface area (Å²) in [6.07, 6.45) is 11.6. The Balaban J connectivity index is 0.962. The second-order valence-electron chi connectivity index (χ2n) is 16.3. The molecule has 0 saturated carbocycles. The molecule has 284 valence electrons. The summed E-state index contributed by atoms with van der Waals surface area (Å²) < 4.78 is 2.67. The second-order valence-corrected chi connectivity index (χ2v) is 17.4. The Hall–Kier alpha value is -7.00. The number of aryl methyl sites for hydroxylation is 1. The van der Waals surface area contributed by atoms with Crippen molar-refractivity contribution in [1.82, 2.24) is 0 Å². The molecule has 12 rings (SSSR count). The van der Waals surface area contributed by atoms with Gasteiger partial charge in [-0.3, -0.25) is 0 Å². The molecular weight excluding hydrogens is 743 g/mol. The summed E-state index contributed by atoms with van der Waals surface area (Å²) in [7, 11) is 0. The molecule has 1 heterocycles. The van der Waals surface area contributed by atoms with Crippen LogP contribution in [0.2, 0.25) is 0 Å². The van der Waals surface area contributed by atoms with Crippen LogP contribution >= 0.6 is 11.3 Å². The minimum atomic E-state index is 1.00. The molecule has 0 amide bonds. The summed E-state index contributed by atoms with van der Waals surface area (Å²) in [5, 5.41) is 10.4. The van der Waals surface area contributed by atoms with Crippen molar-refractivity contribution in [3.8, 4) is 22.3 Å². The SMILES string of the molecule is C1=C(C2=Cc3c(ccc4ccccc34)CC2)CCC=C1N(c1ccc(-c2ccc3sc4ccccc4c3c2)cc1)c1cccc(-c2ccc3ccc4ccccc4c3c2)c1. The molecule has 60 heavy (non-hydrogen) atoms. The smallest absolute Gasteiger partial charge is 0.0467 e. The highest BCUT2D eigenvalue weighted by atomic mass is 32.1. The van der Waals surface area contributed by atoms with E-state index in [2.05, 4.69) is 205 Å². The van der Waals surface area contributed by atoms with Gasteiger partial charge in [-0.05, 0) is 157 Å². The molecule has 1 nitrogen and oxygen atoms in total. The quantitative estimate of drug-likeness (QED) is 0.152. The molecule has 0 fully saturated rings. The van der Waals surface area contributed by atoms with E-state index in [-0.39, 0.29) is 0 Å². The van der Waals surface area contributed by atoms with Gasteiger partial charge in [0.1, 0.15) is 0 Å². The van der Waals surface area contributed by atoms with E-state index in [0.29, 0.717) is 0 Å². The lowest BCUT2D eigenvalue weighted by Gasteiger charge is -2.30. The van der Waals surface area contributed by atoms with E-state index >= 15 is 0 Å². The zero-order valence-electron chi connectivity index (χ0n) is 33.2. The maximum absolute atomic E-state index is 2.49. The van der Waals surface area contributed by atoms with Crippen LogP contribution in [0.15, 0.2) is 211 Å². The van der Waals surface area contributed by atoms with Crippen LogP contribution in [0.5, 0.6) is 0 Å². The fraction of sp³-hybridized carbons (Fsp3) is 0.0690. The summed E-state index contributed by atoms with van der Waals surface area (Å²) in [6, 6.07) is 67.6. The average molecular weight is 784 g/mol. The van der Waals surface area contributed by atoms with Crippen molar-refractivity contribution in [3.05, 3.63) is 222 Å². The molecule has 0 radical (unpaired) electrons. The number of thiophene rings is 1. The van der Waals surface area contributed by atoms with Gasteiger partial charge >= 0.3 is 0 Å². The maximum atomic E-state index is 2.49. The molecule has 0 unspecified atom stereocenters. The number of fused-ring (bicyclic) bond motifs is 9. The first-order valence-electron chi connectivity index (χ1n) is 21.2. The first-order valence-corrected chi connectivity index (χ1v) is 22.0. The Kier molecular flexibility index (Phi) is 8.38. The van der Waals surface area contributed by atoms with Crippen molar-refractivity contribution in [2.24, 2.45) is 0 Å². The van der Waals surface area contributed by atoms with Crippen LogP contribution in [0.4, 0.5) is 11.4 Å². The Morgan fingerprint density at radius 1 is 0.383 bits per heavy atom. The maximum Gasteiger partial charge on any atom is 0.0467 e. The van der Waals surface area contributed by atoms with E-state index in [1.807, 2.05) is 11.3 Å². The van der Waals surface area contributed by atoms with Gasteiger partial charge in [-0.1, -0.05) is 146 Å². The van der Waals surface area contributed by atoms with E-state index in [1.54, 1.807) is 0 Å². The highest BCUT2D eigenvalue weighted by molar-refractivity contribution is 7.25. The van der Waals surface area contributed by atoms with Gasteiger partial charge in [0.15, 0.2) is 0 Å². The van der Waals surface area contributed by atoms with Gasteiger partial charge < -0.3 is 4.90 Å². The predicted octanol–water partition coefficient (Wildman–Crippen LogP) is 16.6. The molecule has 2 aliphatic carbocycles. The van der Waals surface area contributed by atoms with Gasteiger partial charge in [-0.15, -0.1) is 11.3 Å². The number of nitrogens with zero attached hydrogens (tertiary/aromatic N) is 1. The van der Waals surface area contributed by atoms with Crippen molar-refractivity contribution >= 4 is 81.3 Å². The molecule has 0 bridgehead atoms. The topological polar surface area (TPSA) is 3.24 Å². The van der Waals surface area contributed by atoms with Crippen LogP contribution in [-0.4, -0.2) is 0 Å². The van der Waals surface area contributed by atoms with Crippen molar-refractivity contribution in [2.75, 3.05) is 4.90 Å². The summed E-state index contributed by atoms with van der Waals surface area (Å²) in [5.41, 5.74) is 14.2. The number of allylic oxidation sites excluding steroid dienone is 4. The molecule has 0 saturated heterocycles. The average Bonchev–Trinajstić information content (AvgIpc) is 3.70. The largest absolute Gasteiger partial charge is 0.311 e. The van der Waals surface area contributed by atoms with Crippen LogP contribution in [-0.2, 0) is 6.42 Å². The number of hydrogen-bond acceptors (Lipinski definition) is 2. The van der Waals surface area contributed by atoms with Crippen LogP contribution in [0.1, 0.15) is 30.4 Å². The van der Waals surface area contributed by atoms with E-state index in [0.717, 1.165) is 37.1 Å². The summed E-state index contributed by atoms with van der Waals surface area (Å²) in [5.74, 6) is 0. The lowest BCUT2D eigenvalue weighted by molar-refractivity contribution is 0.875. The third-order valence-electron chi connectivity index (χ3n) is 12.8. The zero-order valence-corrected chi connectivity index (χ0v) is 34.1. The van der Waals surface area contributed by atoms with Gasteiger partial charge in [-0.25, -0.2) is 0 Å². The summed E-state index contributed by atoms with van der Waals surface area (Å²) in [6.45, 7) is 0. The van der Waals surface area contributed by atoms with Crippen LogP contribution < -0.4 is 4.90 Å². The van der Waals surface area contributed by atoms with Gasteiger partial charge in [0, 0.05) is 37.2 Å². The van der Waals surface area contributed by atoms with E-state index in [9.17, 15) is 0 Å². The molecular formula is C58H41NS. The lowest BCUT2D eigenvalue weighted by atomic mass is 9.83. The van der Waals surface area contributed by atoms with Crippen molar-refractivity contribution in [3.63, 3.8) is 0 Å². The Morgan fingerprint density at radius 3 is 1.90 bits per heavy atom. The molecule has 0 atom stereocenters. The van der Waals surface area contributed by atoms with Gasteiger partial charge in [-0.2, -0.15) is 0 Å². The fourth-order valence-corrected chi connectivity index (χ4v) is 10.8. The molecule has 1 aromatic heterocycles. The van der Waals surface area contributed by atoms with Crippen molar-refractivity contribution < 1.29 is 0 Å². The third kappa shape index (κ3) is 6.06. The van der Waals surface area contributed by atoms with E-state index in [4.69, 9.17) is 0 Å². The molecule has 0 N–H and O–H groups in total. The number of anilines is 2. The number of hydrogen-bond donors (Lipinski definition) is 0. The van der Waals surface area contributed by atoms with Gasteiger partial charge in [0.2, 0.25) is 0 Å². The standard InChI is InChI=1S/C58H41NS/c1-3-15-51-39(9-1)19-21-41-23-25-46(35-54(41)51)43-11-7-13-49(33-43)59(48-30-27-38(28-31-48)45-29-32-58-56(37-45)53-17-5-6-18-57(53)60-58)50-14-8-12-44(34-50)47-26-24-42-22-20-40-10-2-4-16-52(40)55(42)36-47/h1-7,9-11,13-23,25,27-37H,8,12,24,26H2. The molecule has 2 aliphatic rings. The molecule has 0 aliphatic heterocycles. The van der Waals surface area contributed by atoms with Crippen LogP contribution in [0, 0.1) is 0 Å². The summed E-state index contributed by atoms with van der Waals surface area (Å²) in [4.78, 5) is 2.48. The molecule has 9 aromatic carbocycles. The predicted molar refractivity (Wildman–Crippen MR) is 259 cm³/mol. The van der Waals surface area contributed by atoms with E-state index in [1.165, 1.54) is 103 Å². The highest BCUT2D eigenvalue weighted by Gasteiger charge is 2.22. The normalized spacial score (nSPS) is 14.0. The van der Waals surface area contributed by atoms with Gasteiger partial charge in [0.25, 0.3) is 0 Å². The first-order chi connectivity index (χ1) is 29.7. The van der Waals surface area contributed by atoms with Crippen LogP contribution in [0.25, 0.3) is 80.8 Å². The third-order valence-corrected chi connectivity index (χ3v) is 14.0. The Labute approximate surface area is 354 Å². The Bertz CT molecular complexity index is 3430. The zero-order chi connectivity index (χ0) is 39.6. The minimum Gasteiger partial charge on any atom is -0.311 e. The fourth-order valence-electron chi connectivity index (χ4n) is 9.75. The van der Waals surface area contributed by atoms with Gasteiger partial charge in [0.05, 0.1) is 0 Å². The highest BCUT2D eigenvalue weighted by Crippen LogP contribution is 2.42. The summed E-state index contributed by atoms with van der Waals surface area (Å²) >= 11 is 1.87. The van der Waals surface area contributed by atoms with Crippen molar-refractivity contribution in [1.29, 1.82) is 0 Å². The first kappa shape index (κ1) is 35.0. The molecule has 10 aromatic rings. The minimum absolute atomic E-state index is 1.00. The van der Waals surface area contributed by atoms with E-state index < -0.39 is 0 Å². The lowest BCUT2D eigenvalue weighted by Crippen LogP contribution is -2.17. The number of benzene rings is 9. The monoisotopic (exact) mass is 783 g/mol. The van der Waals surface area contributed by atoms with Crippen LogP contribution in [0.3, 0.4) is 0 Å². The molecule has 2 heteroatoms. The number of rotatable bonds is 6. The molecule has 0 spiro atoms. The van der Waals surface area contributed by atoms with Crippen molar-refractivity contribution in [2.45, 2.75) is 25.7 Å².